The van der Waals surface area contributed by atoms with Gasteiger partial charge >= 0.3 is 0 Å². The summed E-state index contributed by atoms with van der Waals surface area (Å²) in [6, 6.07) is 0. The van der Waals surface area contributed by atoms with Crippen LogP contribution in [0.25, 0.3) is 0 Å². The molecule has 1 saturated heterocycles. The SMILES string of the molecule is SP1CC1. The van der Waals surface area contributed by atoms with Crippen molar-refractivity contribution >= 4 is 19.4 Å². The lowest BCUT2D eigenvalue weighted by Gasteiger charge is -1.55. The van der Waals surface area contributed by atoms with Crippen molar-refractivity contribution in [2.45, 2.75) is 0 Å². The minimum absolute atomic E-state index is 0.324. The van der Waals surface area contributed by atoms with Gasteiger partial charge in [0.2, 0.25) is 0 Å². The lowest BCUT2D eigenvalue weighted by Crippen LogP contribution is -1.20. The van der Waals surface area contributed by atoms with Gasteiger partial charge in [0.15, 0.2) is 0 Å². The fourth-order valence-corrected chi connectivity index (χ4v) is 1.21. The van der Waals surface area contributed by atoms with Crippen LogP contribution >= 0.6 is 19.4 Å². The van der Waals surface area contributed by atoms with Gasteiger partial charge in [0.05, 0.1) is 0 Å². The highest BCUT2D eigenvalue weighted by Crippen LogP contribution is 2.54. The van der Waals surface area contributed by atoms with Crippen LogP contribution in [0.5, 0.6) is 0 Å². The van der Waals surface area contributed by atoms with Crippen LogP contribution in [0.3, 0.4) is 0 Å². The van der Waals surface area contributed by atoms with E-state index in [1.54, 1.807) is 0 Å². The molecule has 0 nitrogen and oxygen atoms in total. The average Bonchev–Trinajstić information content (AvgIpc) is 1.75. The second kappa shape index (κ2) is 0.874. The van der Waals surface area contributed by atoms with Crippen molar-refractivity contribution in [1.29, 1.82) is 0 Å². The number of hydrogen-bond acceptors (Lipinski definition) is 1. The summed E-state index contributed by atoms with van der Waals surface area (Å²) >= 11 is 4.14. The largest absolute Gasteiger partial charge is 0.151 e. The maximum atomic E-state index is 4.14. The summed E-state index contributed by atoms with van der Waals surface area (Å²) in [4.78, 5) is 0. The Morgan fingerprint density at radius 2 is 1.75 bits per heavy atom. The van der Waals surface area contributed by atoms with E-state index in [1.807, 2.05) is 0 Å². The first-order valence-electron chi connectivity index (χ1n) is 1.33. The molecule has 0 aromatic carbocycles. The quantitative estimate of drug-likeness (QED) is 0.338. The molecule has 1 heterocycles. The molecule has 0 saturated carbocycles. The van der Waals surface area contributed by atoms with Crippen molar-refractivity contribution in [2.24, 2.45) is 0 Å². The molecule has 2 heteroatoms. The van der Waals surface area contributed by atoms with Crippen molar-refractivity contribution in [3.05, 3.63) is 0 Å². The van der Waals surface area contributed by atoms with Gasteiger partial charge in [-0.2, -0.15) is 12.2 Å². The van der Waals surface area contributed by atoms with E-state index in [2.05, 4.69) is 12.2 Å². The fourth-order valence-electron chi connectivity index (χ4n) is 0.0447. The van der Waals surface area contributed by atoms with E-state index in [4.69, 9.17) is 0 Å². The smallest absolute Gasteiger partial charge is 0.0188 e. The van der Waals surface area contributed by atoms with E-state index in [0.717, 1.165) is 0 Å². The molecule has 1 rings (SSSR count). The molecule has 1 aliphatic heterocycles. The molecule has 4 heavy (non-hydrogen) atoms. The van der Waals surface area contributed by atoms with Gasteiger partial charge in [-0.1, -0.05) is 0 Å². The second-order valence-electron chi connectivity index (χ2n) is 0.954. The molecule has 0 amide bonds. The monoisotopic (exact) mass is 92.0 g/mol. The van der Waals surface area contributed by atoms with Crippen LogP contribution in [0.15, 0.2) is 0 Å². The third-order valence-electron chi connectivity index (χ3n) is 0.424. The Balaban J connectivity index is 2.17. The molecule has 0 N–H and O–H groups in total. The third kappa shape index (κ3) is 0.616. The second-order valence-corrected chi connectivity index (χ2v) is 4.56. The van der Waals surface area contributed by atoms with Gasteiger partial charge in [0.1, 0.15) is 0 Å². The van der Waals surface area contributed by atoms with Gasteiger partial charge in [-0.05, 0) is 19.4 Å². The predicted octanol–water partition coefficient (Wildman–Crippen LogP) is 1.33. The Kier molecular flexibility index (Phi) is 0.653. The summed E-state index contributed by atoms with van der Waals surface area (Å²) in [6.45, 7) is 0. The highest BCUT2D eigenvalue weighted by Gasteiger charge is 2.13. The van der Waals surface area contributed by atoms with Crippen molar-refractivity contribution in [3.63, 3.8) is 0 Å². The van der Waals surface area contributed by atoms with E-state index in [-0.39, 0.29) is 0 Å². The van der Waals surface area contributed by atoms with Crippen molar-refractivity contribution in [1.82, 2.24) is 0 Å². The van der Waals surface area contributed by atoms with Crippen LogP contribution < -0.4 is 0 Å². The Bertz CT molecular complexity index is 25.2. The molecule has 0 aromatic heterocycles. The summed E-state index contributed by atoms with van der Waals surface area (Å²) < 4.78 is 0. The molecule has 0 aliphatic carbocycles. The Morgan fingerprint density at radius 1 is 1.50 bits per heavy atom. The Hall–Kier alpha value is 0.780. The molecule has 0 bridgehead atoms. The third-order valence-corrected chi connectivity index (χ3v) is 2.47. The predicted molar refractivity (Wildman–Crippen MR) is 25.6 cm³/mol. The minimum Gasteiger partial charge on any atom is -0.151 e. The van der Waals surface area contributed by atoms with Crippen LogP contribution in [0.4, 0.5) is 0 Å². The van der Waals surface area contributed by atoms with Gasteiger partial charge < -0.3 is 0 Å². The highest BCUT2D eigenvalue weighted by atomic mass is 32.7. The molecular weight excluding hydrogens is 87.1 g/mol. The molecule has 0 spiro atoms. The first-order valence-corrected chi connectivity index (χ1v) is 4.20. The molecule has 1 fully saturated rings. The maximum absolute atomic E-state index is 4.14. The lowest BCUT2D eigenvalue weighted by atomic mass is 11.0. The minimum atomic E-state index is 0.324. The topological polar surface area (TPSA) is 0 Å². The average molecular weight is 92.1 g/mol. The molecule has 0 unspecified atom stereocenters. The zero-order valence-electron chi connectivity index (χ0n) is 2.31. The van der Waals surface area contributed by atoms with E-state index in [0.29, 0.717) is 7.12 Å². The summed E-state index contributed by atoms with van der Waals surface area (Å²) in [7, 11) is 0.324. The van der Waals surface area contributed by atoms with Gasteiger partial charge in [0.25, 0.3) is 0 Å². The fraction of sp³-hybridized carbons (Fsp3) is 1.00. The standard InChI is InChI=1S/C2H5PS/c4-3-1-2-3/h4H,1-2H2. The molecule has 0 aromatic rings. The maximum Gasteiger partial charge on any atom is -0.0188 e. The van der Waals surface area contributed by atoms with Crippen molar-refractivity contribution < 1.29 is 0 Å². The Morgan fingerprint density at radius 3 is 1.75 bits per heavy atom. The summed E-state index contributed by atoms with van der Waals surface area (Å²) in [5.41, 5.74) is 0. The van der Waals surface area contributed by atoms with Crippen molar-refractivity contribution in [3.8, 4) is 0 Å². The number of hydrogen-bond donors (Lipinski definition) is 1. The van der Waals surface area contributed by atoms with E-state index in [9.17, 15) is 0 Å². The van der Waals surface area contributed by atoms with Gasteiger partial charge in [0, 0.05) is 0 Å². The highest BCUT2D eigenvalue weighted by molar-refractivity contribution is 8.48. The first kappa shape index (κ1) is 2.99. The van der Waals surface area contributed by atoms with Crippen LogP contribution in [-0.2, 0) is 0 Å². The first-order chi connectivity index (χ1) is 1.89. The van der Waals surface area contributed by atoms with E-state index in [1.165, 1.54) is 12.3 Å². The summed E-state index contributed by atoms with van der Waals surface area (Å²) in [6.07, 6.45) is 2.83. The van der Waals surface area contributed by atoms with Crippen LogP contribution in [0, 0.1) is 0 Å². The van der Waals surface area contributed by atoms with E-state index >= 15 is 0 Å². The van der Waals surface area contributed by atoms with Crippen LogP contribution in [0.2, 0.25) is 0 Å². The van der Waals surface area contributed by atoms with Crippen LogP contribution in [-0.4, -0.2) is 12.3 Å². The van der Waals surface area contributed by atoms with Gasteiger partial charge in [-0.25, -0.2) is 0 Å². The number of thiol groups is 1. The zero-order valence-corrected chi connectivity index (χ0v) is 4.10. The van der Waals surface area contributed by atoms with E-state index < -0.39 is 0 Å². The Labute approximate surface area is 32.5 Å². The van der Waals surface area contributed by atoms with Gasteiger partial charge in [-0.3, -0.25) is 0 Å². The molecule has 1 aliphatic rings. The molecule has 0 radical (unpaired) electrons. The van der Waals surface area contributed by atoms with Crippen LogP contribution in [0.1, 0.15) is 0 Å². The van der Waals surface area contributed by atoms with Crippen molar-refractivity contribution in [2.75, 3.05) is 12.3 Å². The molecular formula is C2H5PS. The number of rotatable bonds is 0. The summed E-state index contributed by atoms with van der Waals surface area (Å²) in [5.74, 6) is 0. The lowest BCUT2D eigenvalue weighted by molar-refractivity contribution is 1.75. The summed E-state index contributed by atoms with van der Waals surface area (Å²) in [5, 5.41) is 0. The molecule has 0 atom stereocenters. The zero-order chi connectivity index (χ0) is 2.99. The van der Waals surface area contributed by atoms with Gasteiger partial charge in [-0.15, -0.1) is 0 Å². The normalized spacial score (nSPS) is 26.2. The molecule has 24 valence electrons.